The Hall–Kier alpha value is -3.30. The fraction of sp³-hybridized carbons (Fsp3) is 0.483. The zero-order valence-electron chi connectivity index (χ0n) is 23.3. The Morgan fingerprint density at radius 3 is 2.47 bits per heavy atom. The van der Waals surface area contributed by atoms with Crippen LogP contribution in [-0.2, 0) is 34.0 Å². The van der Waals surface area contributed by atoms with Gasteiger partial charge in [0.15, 0.2) is 0 Å². The Labute approximate surface area is 223 Å². The molecular formula is C29H35FN4O4. The Kier molecular flexibility index (Phi) is 6.44. The number of benzene rings is 2. The van der Waals surface area contributed by atoms with Crippen LogP contribution in [0.3, 0.4) is 0 Å². The van der Waals surface area contributed by atoms with Gasteiger partial charge in [0.1, 0.15) is 11.8 Å². The quantitative estimate of drug-likeness (QED) is 0.563. The van der Waals surface area contributed by atoms with Crippen LogP contribution in [0, 0.1) is 5.82 Å². The van der Waals surface area contributed by atoms with Gasteiger partial charge < -0.3 is 15.0 Å². The van der Waals surface area contributed by atoms with Crippen LogP contribution in [0.2, 0.25) is 0 Å². The van der Waals surface area contributed by atoms with E-state index in [2.05, 4.69) is 15.5 Å². The van der Waals surface area contributed by atoms with Crippen LogP contribution in [0.15, 0.2) is 36.4 Å². The van der Waals surface area contributed by atoms with Gasteiger partial charge in [-0.1, -0.05) is 24.3 Å². The smallest absolute Gasteiger partial charge is 0.255 e. The predicted octanol–water partition coefficient (Wildman–Crippen LogP) is 3.59. The van der Waals surface area contributed by atoms with Crippen LogP contribution in [-0.4, -0.2) is 57.8 Å². The normalized spacial score (nSPS) is 25.1. The van der Waals surface area contributed by atoms with Gasteiger partial charge in [-0.3, -0.25) is 24.6 Å². The van der Waals surface area contributed by atoms with Crippen molar-refractivity contribution >= 4 is 23.4 Å². The van der Waals surface area contributed by atoms with Crippen molar-refractivity contribution in [2.24, 2.45) is 0 Å². The van der Waals surface area contributed by atoms with Crippen molar-refractivity contribution in [3.8, 4) is 0 Å². The Bertz CT molecular complexity index is 1330. The minimum Gasteiger partial charge on any atom is -0.381 e. The summed E-state index contributed by atoms with van der Waals surface area (Å²) in [5.74, 6) is -1.94. The predicted molar refractivity (Wildman–Crippen MR) is 141 cm³/mol. The number of hydrogen-bond acceptors (Lipinski definition) is 6. The van der Waals surface area contributed by atoms with Crippen LogP contribution in [0.25, 0.3) is 0 Å². The molecule has 0 saturated carbocycles. The Balaban J connectivity index is 1.31. The van der Waals surface area contributed by atoms with Gasteiger partial charge in [0.25, 0.3) is 5.91 Å². The zero-order chi connectivity index (χ0) is 28.2. The van der Waals surface area contributed by atoms with Gasteiger partial charge >= 0.3 is 0 Å². The third kappa shape index (κ3) is 5.31. The van der Waals surface area contributed by atoms with Crippen LogP contribution >= 0.6 is 0 Å². The van der Waals surface area contributed by atoms with Crippen molar-refractivity contribution in [1.29, 1.82) is 0 Å². The molecule has 3 heterocycles. The second-order valence-corrected chi connectivity index (χ2v) is 11.6. The van der Waals surface area contributed by atoms with Gasteiger partial charge in [-0.25, -0.2) is 4.39 Å². The van der Waals surface area contributed by atoms with Gasteiger partial charge in [0.05, 0.1) is 12.6 Å². The number of anilines is 1. The minimum atomic E-state index is -1.86. The third-order valence-electron chi connectivity index (χ3n) is 7.18. The summed E-state index contributed by atoms with van der Waals surface area (Å²) in [5, 5.41) is 5.44. The number of hydrogen-bond donors (Lipinski definition) is 2. The molecule has 0 aliphatic carbocycles. The molecule has 2 fully saturated rings. The van der Waals surface area contributed by atoms with E-state index in [-0.39, 0.29) is 43.0 Å². The zero-order valence-corrected chi connectivity index (χ0v) is 22.3. The summed E-state index contributed by atoms with van der Waals surface area (Å²) in [6, 6.07) is 8.71. The molecule has 2 aromatic carbocycles. The molecule has 1 atom stereocenters. The van der Waals surface area contributed by atoms with Crippen molar-refractivity contribution in [2.45, 2.75) is 77.4 Å². The van der Waals surface area contributed by atoms with E-state index in [0.29, 0.717) is 47.6 Å². The number of amides is 3. The fourth-order valence-corrected chi connectivity index (χ4v) is 5.96. The Morgan fingerprint density at radius 1 is 1.08 bits per heavy atom. The number of imide groups is 1. The number of rotatable bonds is 6. The number of carbonyl (C=O) groups is 3. The van der Waals surface area contributed by atoms with Crippen molar-refractivity contribution in [3.05, 3.63) is 64.5 Å². The SMILES string of the molecule is [2H][C@@]1(N2Cc3c(NCc4cccc(CN5CC(C)(C)OC(C)(C)C5)c4F)cccc3C2=O)CCC(=O)NC1=O. The molecule has 0 radical (unpaired) electrons. The summed E-state index contributed by atoms with van der Waals surface area (Å²) in [7, 11) is 0. The number of carbonyl (C=O) groups excluding carboxylic acids is 3. The van der Waals surface area contributed by atoms with Crippen molar-refractivity contribution < 1.29 is 24.9 Å². The van der Waals surface area contributed by atoms with E-state index in [0.717, 1.165) is 0 Å². The highest BCUT2D eigenvalue weighted by Crippen LogP contribution is 2.33. The third-order valence-corrected chi connectivity index (χ3v) is 7.18. The summed E-state index contributed by atoms with van der Waals surface area (Å²) in [6.45, 7) is 10.3. The molecule has 38 heavy (non-hydrogen) atoms. The molecule has 8 nitrogen and oxygen atoms in total. The fourth-order valence-electron chi connectivity index (χ4n) is 5.96. The van der Waals surface area contributed by atoms with E-state index in [1.807, 2.05) is 33.8 Å². The first kappa shape index (κ1) is 25.0. The molecule has 2 saturated heterocycles. The van der Waals surface area contributed by atoms with Gasteiger partial charge in [-0.2, -0.15) is 0 Å². The molecule has 0 unspecified atom stereocenters. The van der Waals surface area contributed by atoms with E-state index < -0.39 is 23.7 Å². The first-order valence-corrected chi connectivity index (χ1v) is 13.0. The first-order chi connectivity index (χ1) is 18.3. The summed E-state index contributed by atoms with van der Waals surface area (Å²) in [6.07, 6.45) is -0.0643. The maximum Gasteiger partial charge on any atom is 0.255 e. The lowest BCUT2D eigenvalue weighted by Gasteiger charge is -2.47. The van der Waals surface area contributed by atoms with Crippen molar-refractivity contribution in [3.63, 3.8) is 0 Å². The summed E-state index contributed by atoms with van der Waals surface area (Å²) >= 11 is 0. The van der Waals surface area contributed by atoms with E-state index in [9.17, 15) is 14.4 Å². The highest BCUT2D eigenvalue weighted by molar-refractivity contribution is 6.06. The lowest BCUT2D eigenvalue weighted by atomic mass is 9.98. The van der Waals surface area contributed by atoms with Gasteiger partial charge in [0.2, 0.25) is 11.8 Å². The average molecular weight is 524 g/mol. The average Bonchev–Trinajstić information content (AvgIpc) is 3.18. The van der Waals surface area contributed by atoms with Crippen molar-refractivity contribution in [1.82, 2.24) is 15.1 Å². The highest BCUT2D eigenvalue weighted by atomic mass is 19.1. The van der Waals surface area contributed by atoms with Crippen LogP contribution in [0.1, 0.15) is 69.0 Å². The Morgan fingerprint density at radius 2 is 1.76 bits per heavy atom. The highest BCUT2D eigenvalue weighted by Gasteiger charge is 2.40. The van der Waals surface area contributed by atoms with E-state index in [1.165, 1.54) is 4.90 Å². The summed E-state index contributed by atoms with van der Waals surface area (Å²) in [4.78, 5) is 40.7. The molecule has 2 aromatic rings. The van der Waals surface area contributed by atoms with E-state index in [4.69, 9.17) is 6.11 Å². The maximum absolute atomic E-state index is 15.6. The monoisotopic (exact) mass is 523 g/mol. The lowest BCUT2D eigenvalue weighted by Crippen LogP contribution is -2.56. The molecule has 0 spiro atoms. The number of morpholine rings is 1. The van der Waals surface area contributed by atoms with Crippen molar-refractivity contribution in [2.75, 3.05) is 18.4 Å². The van der Waals surface area contributed by atoms with Gasteiger partial charge in [-0.05, 0) is 46.2 Å². The summed E-state index contributed by atoms with van der Waals surface area (Å²) in [5.41, 5.74) is 2.12. The molecule has 3 amide bonds. The number of piperidine rings is 1. The second-order valence-electron chi connectivity index (χ2n) is 11.6. The van der Waals surface area contributed by atoms with Gasteiger partial charge in [0, 0.05) is 67.1 Å². The lowest BCUT2D eigenvalue weighted by molar-refractivity contribution is -0.182. The number of nitrogens with zero attached hydrogens (tertiary/aromatic N) is 2. The first-order valence-electron chi connectivity index (χ1n) is 13.5. The minimum absolute atomic E-state index is 0.00443. The number of ether oxygens (including phenoxy) is 1. The molecule has 0 bridgehead atoms. The molecular weight excluding hydrogens is 487 g/mol. The molecule has 2 N–H and O–H groups in total. The maximum atomic E-state index is 15.6. The number of fused-ring (bicyclic) bond motifs is 1. The largest absolute Gasteiger partial charge is 0.381 e. The van der Waals surface area contributed by atoms with Crippen LogP contribution in [0.5, 0.6) is 0 Å². The number of halogens is 1. The second kappa shape index (κ2) is 9.78. The molecule has 3 aliphatic rings. The number of nitrogens with one attached hydrogen (secondary N) is 2. The van der Waals surface area contributed by atoms with Crippen LogP contribution < -0.4 is 10.6 Å². The van der Waals surface area contributed by atoms with E-state index in [1.54, 1.807) is 30.3 Å². The molecule has 9 heteroatoms. The molecule has 202 valence electrons. The van der Waals surface area contributed by atoms with Gasteiger partial charge in [-0.15, -0.1) is 0 Å². The topological polar surface area (TPSA) is 91.0 Å². The van der Waals surface area contributed by atoms with E-state index >= 15 is 4.39 Å². The molecule has 5 rings (SSSR count). The molecule has 3 aliphatic heterocycles. The summed E-state index contributed by atoms with van der Waals surface area (Å²) < 4.78 is 30.5. The standard InChI is InChI=1S/C29H35FN4O4/c1-28(2)16-33(17-29(3,4)38-28)14-19-8-5-7-18(25(19)30)13-31-22-10-6-9-20-21(22)15-34(27(20)37)23-11-12-24(35)32-26(23)36/h5-10,23,31H,11-17H2,1-4H3,(H,32,35,36)/t23-/m1/s1/i23D. The molecule has 0 aromatic heterocycles. The van der Waals surface area contributed by atoms with Crippen LogP contribution in [0.4, 0.5) is 10.1 Å².